The number of furan rings is 1. The predicted molar refractivity (Wildman–Crippen MR) is 65.2 cm³/mol. The van der Waals surface area contributed by atoms with E-state index in [4.69, 9.17) is 4.42 Å². The van der Waals surface area contributed by atoms with Gasteiger partial charge < -0.3 is 19.7 Å². The molecular formula is C12H20N2O2. The maximum absolute atomic E-state index is 9.56. The quantitative estimate of drug-likeness (QED) is 0.673. The maximum atomic E-state index is 9.56. The van der Waals surface area contributed by atoms with E-state index in [1.54, 1.807) is 6.26 Å². The van der Waals surface area contributed by atoms with Crippen LogP contribution >= 0.6 is 0 Å². The van der Waals surface area contributed by atoms with Gasteiger partial charge in [-0.05, 0) is 32.3 Å². The van der Waals surface area contributed by atoms with Crippen LogP contribution in [0.4, 0.5) is 0 Å². The number of hydrogen-bond acceptors (Lipinski definition) is 4. The molecule has 0 aliphatic heterocycles. The van der Waals surface area contributed by atoms with Crippen molar-refractivity contribution >= 4 is 6.08 Å². The van der Waals surface area contributed by atoms with Crippen LogP contribution in [0.15, 0.2) is 28.9 Å². The normalized spacial score (nSPS) is 13.8. The molecule has 0 saturated heterocycles. The van der Waals surface area contributed by atoms with E-state index in [9.17, 15) is 5.11 Å². The molecule has 2 N–H and O–H groups in total. The van der Waals surface area contributed by atoms with Crippen molar-refractivity contribution in [2.75, 3.05) is 33.7 Å². The van der Waals surface area contributed by atoms with Gasteiger partial charge in [0.2, 0.25) is 0 Å². The standard InChI is InChI=1S/C12H20N2O2/c1-14(2)10-11(15)9-13-7-3-5-12-6-4-8-16-12/h3-6,8,11,13,15H,7,9-10H2,1-2H3/b5-3+. The van der Waals surface area contributed by atoms with Crippen LogP contribution in [0.2, 0.25) is 0 Å². The van der Waals surface area contributed by atoms with Crippen LogP contribution in [0.5, 0.6) is 0 Å². The predicted octanol–water partition coefficient (Wildman–Crippen LogP) is 0.805. The largest absolute Gasteiger partial charge is 0.465 e. The fraction of sp³-hybridized carbons (Fsp3) is 0.500. The zero-order valence-corrected chi connectivity index (χ0v) is 9.89. The first-order valence-corrected chi connectivity index (χ1v) is 5.42. The molecule has 4 heteroatoms. The molecule has 1 aromatic heterocycles. The minimum absolute atomic E-state index is 0.327. The molecule has 1 atom stereocenters. The third-order valence-electron chi connectivity index (χ3n) is 2.04. The molecule has 0 aromatic carbocycles. The first-order valence-electron chi connectivity index (χ1n) is 5.42. The SMILES string of the molecule is CN(C)CC(O)CNC/C=C/c1ccco1. The summed E-state index contributed by atoms with van der Waals surface area (Å²) in [6.45, 7) is 2.00. The van der Waals surface area contributed by atoms with Gasteiger partial charge in [-0.3, -0.25) is 0 Å². The van der Waals surface area contributed by atoms with Crippen molar-refractivity contribution in [3.05, 3.63) is 30.2 Å². The van der Waals surface area contributed by atoms with Gasteiger partial charge in [0.25, 0.3) is 0 Å². The summed E-state index contributed by atoms with van der Waals surface area (Å²) < 4.78 is 5.14. The lowest BCUT2D eigenvalue weighted by molar-refractivity contribution is 0.136. The number of rotatable bonds is 7. The van der Waals surface area contributed by atoms with Gasteiger partial charge in [-0.2, -0.15) is 0 Å². The number of aliphatic hydroxyl groups excluding tert-OH is 1. The number of hydrogen-bond donors (Lipinski definition) is 2. The highest BCUT2D eigenvalue weighted by molar-refractivity contribution is 5.42. The van der Waals surface area contributed by atoms with Gasteiger partial charge in [-0.25, -0.2) is 0 Å². The summed E-state index contributed by atoms with van der Waals surface area (Å²) in [5.74, 6) is 0.843. The smallest absolute Gasteiger partial charge is 0.126 e. The summed E-state index contributed by atoms with van der Waals surface area (Å²) in [6, 6.07) is 3.76. The lowest BCUT2D eigenvalue weighted by atomic mass is 10.3. The Balaban J connectivity index is 2.07. The highest BCUT2D eigenvalue weighted by atomic mass is 16.3. The Morgan fingerprint density at radius 1 is 1.56 bits per heavy atom. The summed E-state index contributed by atoms with van der Waals surface area (Å²) in [4.78, 5) is 1.96. The third-order valence-corrected chi connectivity index (χ3v) is 2.04. The molecule has 0 bridgehead atoms. The zero-order chi connectivity index (χ0) is 11.8. The summed E-state index contributed by atoms with van der Waals surface area (Å²) >= 11 is 0. The Bertz CT molecular complexity index is 294. The Morgan fingerprint density at radius 2 is 2.38 bits per heavy atom. The Labute approximate surface area is 96.6 Å². The Kier molecular flexibility index (Phi) is 5.85. The van der Waals surface area contributed by atoms with Crippen molar-refractivity contribution in [2.45, 2.75) is 6.10 Å². The highest BCUT2D eigenvalue weighted by Crippen LogP contribution is 2.01. The lowest BCUT2D eigenvalue weighted by Gasteiger charge is -2.15. The molecule has 0 radical (unpaired) electrons. The molecule has 0 aliphatic carbocycles. The van der Waals surface area contributed by atoms with E-state index in [0.717, 1.165) is 12.3 Å². The monoisotopic (exact) mass is 224 g/mol. The number of nitrogens with zero attached hydrogens (tertiary/aromatic N) is 1. The highest BCUT2D eigenvalue weighted by Gasteiger charge is 2.03. The number of nitrogens with one attached hydrogen (secondary N) is 1. The minimum Gasteiger partial charge on any atom is -0.465 e. The molecule has 1 aromatic rings. The van der Waals surface area contributed by atoms with E-state index in [1.165, 1.54) is 0 Å². The fourth-order valence-corrected chi connectivity index (χ4v) is 1.38. The van der Waals surface area contributed by atoms with Crippen LogP contribution in [0, 0.1) is 0 Å². The summed E-state index contributed by atoms with van der Waals surface area (Å²) in [5, 5.41) is 12.7. The second-order valence-corrected chi connectivity index (χ2v) is 3.99. The molecule has 90 valence electrons. The Hall–Kier alpha value is -1.10. The summed E-state index contributed by atoms with van der Waals surface area (Å²) in [6.07, 6.45) is 5.20. The van der Waals surface area contributed by atoms with Gasteiger partial charge in [0.15, 0.2) is 0 Å². The van der Waals surface area contributed by atoms with E-state index in [2.05, 4.69) is 5.32 Å². The van der Waals surface area contributed by atoms with Crippen molar-refractivity contribution in [3.63, 3.8) is 0 Å². The molecular weight excluding hydrogens is 204 g/mol. The van der Waals surface area contributed by atoms with Crippen LogP contribution in [0.1, 0.15) is 5.76 Å². The van der Waals surface area contributed by atoms with Crippen molar-refractivity contribution in [2.24, 2.45) is 0 Å². The van der Waals surface area contributed by atoms with Crippen LogP contribution in [0.3, 0.4) is 0 Å². The molecule has 0 spiro atoms. The molecule has 16 heavy (non-hydrogen) atoms. The molecule has 0 saturated carbocycles. The van der Waals surface area contributed by atoms with Gasteiger partial charge in [0.1, 0.15) is 5.76 Å². The van der Waals surface area contributed by atoms with Gasteiger partial charge in [0.05, 0.1) is 12.4 Å². The first-order chi connectivity index (χ1) is 7.68. The van der Waals surface area contributed by atoms with Crippen molar-refractivity contribution in [1.82, 2.24) is 10.2 Å². The second kappa shape index (κ2) is 7.22. The van der Waals surface area contributed by atoms with Gasteiger partial charge in [0, 0.05) is 19.6 Å². The van der Waals surface area contributed by atoms with Crippen LogP contribution in [0.25, 0.3) is 6.08 Å². The minimum atomic E-state index is -0.327. The van der Waals surface area contributed by atoms with E-state index in [-0.39, 0.29) is 6.10 Å². The van der Waals surface area contributed by atoms with Crippen molar-refractivity contribution < 1.29 is 9.52 Å². The number of aliphatic hydroxyl groups is 1. The molecule has 0 amide bonds. The topological polar surface area (TPSA) is 48.6 Å². The summed E-state index contributed by atoms with van der Waals surface area (Å²) in [7, 11) is 3.89. The first kappa shape index (κ1) is 13.0. The van der Waals surface area contributed by atoms with E-state index >= 15 is 0 Å². The molecule has 4 nitrogen and oxygen atoms in total. The van der Waals surface area contributed by atoms with Crippen LogP contribution in [-0.4, -0.2) is 49.8 Å². The second-order valence-electron chi connectivity index (χ2n) is 3.99. The van der Waals surface area contributed by atoms with E-state index < -0.39 is 0 Å². The van der Waals surface area contributed by atoms with Gasteiger partial charge in [-0.15, -0.1) is 0 Å². The molecule has 0 fully saturated rings. The van der Waals surface area contributed by atoms with E-state index in [1.807, 2.05) is 43.3 Å². The fourth-order valence-electron chi connectivity index (χ4n) is 1.38. The molecule has 1 unspecified atom stereocenters. The molecule has 0 aliphatic rings. The van der Waals surface area contributed by atoms with Gasteiger partial charge in [-0.1, -0.05) is 6.08 Å². The zero-order valence-electron chi connectivity index (χ0n) is 9.89. The lowest BCUT2D eigenvalue weighted by Crippen LogP contribution is -2.35. The third kappa shape index (κ3) is 5.70. The van der Waals surface area contributed by atoms with E-state index in [0.29, 0.717) is 13.1 Å². The maximum Gasteiger partial charge on any atom is 0.126 e. The van der Waals surface area contributed by atoms with Crippen molar-refractivity contribution in [1.29, 1.82) is 0 Å². The van der Waals surface area contributed by atoms with Crippen LogP contribution in [-0.2, 0) is 0 Å². The Morgan fingerprint density at radius 3 is 3.00 bits per heavy atom. The average Bonchev–Trinajstić information content (AvgIpc) is 2.68. The number of likely N-dealkylation sites (N-methyl/N-ethyl adjacent to an activating group) is 1. The molecule has 1 heterocycles. The van der Waals surface area contributed by atoms with Crippen molar-refractivity contribution in [3.8, 4) is 0 Å². The average molecular weight is 224 g/mol. The molecule has 1 rings (SSSR count). The van der Waals surface area contributed by atoms with Crippen LogP contribution < -0.4 is 5.32 Å². The summed E-state index contributed by atoms with van der Waals surface area (Å²) in [5.41, 5.74) is 0. The van der Waals surface area contributed by atoms with Gasteiger partial charge >= 0.3 is 0 Å².